The summed E-state index contributed by atoms with van der Waals surface area (Å²) >= 11 is 0. The molecule has 1 N–H and O–H groups in total. The number of nitrogens with zero attached hydrogens (tertiary/aromatic N) is 2. The topological polar surface area (TPSA) is 65.6 Å². The fourth-order valence-electron chi connectivity index (χ4n) is 3.25. The summed E-state index contributed by atoms with van der Waals surface area (Å²) in [4.78, 5) is 31.6. The van der Waals surface area contributed by atoms with Crippen LogP contribution in [-0.4, -0.2) is 59.9 Å². The van der Waals surface area contributed by atoms with Crippen molar-refractivity contribution < 1.29 is 14.3 Å². The van der Waals surface area contributed by atoms with E-state index in [4.69, 9.17) is 4.74 Å². The Labute approximate surface area is 153 Å². The molecule has 2 aromatic rings. The smallest absolute Gasteiger partial charge is 0.270 e. The molecular formula is C20H25N3O3. The molecule has 1 aliphatic rings. The Morgan fingerprint density at radius 2 is 1.73 bits per heavy atom. The van der Waals surface area contributed by atoms with Crippen molar-refractivity contribution >= 4 is 11.8 Å². The van der Waals surface area contributed by atoms with Crippen molar-refractivity contribution in [2.45, 2.75) is 20.3 Å². The molecule has 0 bridgehead atoms. The number of ether oxygens (including phenoxy) is 1. The maximum atomic E-state index is 12.7. The van der Waals surface area contributed by atoms with Crippen molar-refractivity contribution in [1.29, 1.82) is 0 Å². The van der Waals surface area contributed by atoms with Crippen LogP contribution in [0.3, 0.4) is 0 Å². The highest BCUT2D eigenvalue weighted by Gasteiger charge is 2.25. The highest BCUT2D eigenvalue weighted by Crippen LogP contribution is 2.24. The number of carbonyl (C=O) groups is 2. The van der Waals surface area contributed by atoms with Crippen LogP contribution in [0.2, 0.25) is 0 Å². The Hall–Kier alpha value is -2.76. The molecule has 26 heavy (non-hydrogen) atoms. The van der Waals surface area contributed by atoms with Crippen LogP contribution in [0.15, 0.2) is 30.5 Å². The van der Waals surface area contributed by atoms with Gasteiger partial charge >= 0.3 is 0 Å². The van der Waals surface area contributed by atoms with E-state index >= 15 is 0 Å². The van der Waals surface area contributed by atoms with Crippen LogP contribution < -0.4 is 4.74 Å². The molecule has 1 aliphatic heterocycles. The van der Waals surface area contributed by atoms with Gasteiger partial charge in [0, 0.05) is 37.9 Å². The first kappa shape index (κ1) is 18.0. The number of aromatic nitrogens is 1. The van der Waals surface area contributed by atoms with Crippen molar-refractivity contribution in [3.8, 4) is 5.75 Å². The standard InChI is InChI=1S/C20H25N3O3/c1-14-11-16(18(26-3)12-15(14)2)13-19(24)22-7-9-23(10-8-22)20(25)17-5-4-6-21-17/h4-6,11-12,21H,7-10,13H2,1-3H3. The molecule has 6 nitrogen and oxygen atoms in total. The number of piperazine rings is 1. The van der Waals surface area contributed by atoms with Gasteiger partial charge in [0.1, 0.15) is 11.4 Å². The van der Waals surface area contributed by atoms with Crippen LogP contribution >= 0.6 is 0 Å². The number of carbonyl (C=O) groups excluding carboxylic acids is 2. The monoisotopic (exact) mass is 355 g/mol. The van der Waals surface area contributed by atoms with Crippen molar-refractivity contribution in [2.75, 3.05) is 33.3 Å². The summed E-state index contributed by atoms with van der Waals surface area (Å²) in [6, 6.07) is 7.58. The van der Waals surface area contributed by atoms with Crippen molar-refractivity contribution in [3.05, 3.63) is 52.8 Å². The maximum absolute atomic E-state index is 12.7. The van der Waals surface area contributed by atoms with Gasteiger partial charge in [-0.2, -0.15) is 0 Å². The lowest BCUT2D eigenvalue weighted by Crippen LogP contribution is -2.51. The van der Waals surface area contributed by atoms with Gasteiger partial charge in [-0.3, -0.25) is 9.59 Å². The molecule has 138 valence electrons. The van der Waals surface area contributed by atoms with Crippen LogP contribution in [-0.2, 0) is 11.2 Å². The van der Waals surface area contributed by atoms with E-state index in [9.17, 15) is 9.59 Å². The van der Waals surface area contributed by atoms with E-state index in [1.54, 1.807) is 24.3 Å². The van der Waals surface area contributed by atoms with E-state index in [1.165, 1.54) is 0 Å². The molecule has 1 saturated heterocycles. The molecular weight excluding hydrogens is 330 g/mol. The van der Waals surface area contributed by atoms with E-state index in [1.807, 2.05) is 36.9 Å². The number of H-pyrrole nitrogens is 1. The summed E-state index contributed by atoms with van der Waals surface area (Å²) < 4.78 is 5.43. The average molecular weight is 355 g/mol. The first-order chi connectivity index (χ1) is 12.5. The third-order valence-corrected chi connectivity index (χ3v) is 4.99. The normalized spacial score (nSPS) is 14.4. The number of benzene rings is 1. The quantitative estimate of drug-likeness (QED) is 0.914. The van der Waals surface area contributed by atoms with Gasteiger partial charge in [-0.15, -0.1) is 0 Å². The molecule has 0 atom stereocenters. The number of hydrogen-bond acceptors (Lipinski definition) is 3. The maximum Gasteiger partial charge on any atom is 0.270 e. The number of amides is 2. The zero-order valence-corrected chi connectivity index (χ0v) is 15.5. The molecule has 3 rings (SSSR count). The summed E-state index contributed by atoms with van der Waals surface area (Å²) in [6.45, 7) is 6.27. The van der Waals surface area contributed by atoms with Gasteiger partial charge in [0.15, 0.2) is 0 Å². The number of methoxy groups -OCH3 is 1. The first-order valence-corrected chi connectivity index (χ1v) is 8.84. The van der Waals surface area contributed by atoms with Crippen LogP contribution in [0.25, 0.3) is 0 Å². The van der Waals surface area contributed by atoms with Crippen LogP contribution in [0.1, 0.15) is 27.2 Å². The number of nitrogens with one attached hydrogen (secondary N) is 1. The number of rotatable bonds is 4. The van der Waals surface area contributed by atoms with E-state index < -0.39 is 0 Å². The zero-order chi connectivity index (χ0) is 18.7. The fraction of sp³-hybridized carbons (Fsp3) is 0.400. The van der Waals surface area contributed by atoms with E-state index in [0.717, 1.165) is 22.4 Å². The molecule has 6 heteroatoms. The minimum atomic E-state index is -0.0158. The summed E-state index contributed by atoms with van der Waals surface area (Å²) in [5.41, 5.74) is 3.79. The molecule has 2 heterocycles. The van der Waals surface area contributed by atoms with Gasteiger partial charge in [-0.1, -0.05) is 6.07 Å². The van der Waals surface area contributed by atoms with Crippen LogP contribution in [0.4, 0.5) is 0 Å². The molecule has 0 spiro atoms. The largest absolute Gasteiger partial charge is 0.496 e. The fourth-order valence-corrected chi connectivity index (χ4v) is 3.25. The predicted molar refractivity (Wildman–Crippen MR) is 99.4 cm³/mol. The van der Waals surface area contributed by atoms with Crippen molar-refractivity contribution in [3.63, 3.8) is 0 Å². The second-order valence-corrected chi connectivity index (χ2v) is 6.68. The Balaban J connectivity index is 1.61. The molecule has 1 aromatic heterocycles. The first-order valence-electron chi connectivity index (χ1n) is 8.84. The summed E-state index contributed by atoms with van der Waals surface area (Å²) in [7, 11) is 1.63. The van der Waals surface area contributed by atoms with Gasteiger partial charge in [0.25, 0.3) is 5.91 Å². The molecule has 0 saturated carbocycles. The lowest BCUT2D eigenvalue weighted by Gasteiger charge is -2.34. The second-order valence-electron chi connectivity index (χ2n) is 6.68. The van der Waals surface area contributed by atoms with Crippen molar-refractivity contribution in [1.82, 2.24) is 14.8 Å². The SMILES string of the molecule is COc1cc(C)c(C)cc1CC(=O)N1CCN(C(=O)c2ccc[nH]2)CC1. The Morgan fingerprint density at radius 3 is 2.35 bits per heavy atom. The molecule has 0 radical (unpaired) electrons. The Kier molecular flexibility index (Phi) is 5.30. The zero-order valence-electron chi connectivity index (χ0n) is 15.5. The highest BCUT2D eigenvalue weighted by atomic mass is 16.5. The third-order valence-electron chi connectivity index (χ3n) is 4.99. The van der Waals surface area contributed by atoms with Gasteiger partial charge in [-0.05, 0) is 43.2 Å². The highest BCUT2D eigenvalue weighted by molar-refractivity contribution is 5.92. The summed E-state index contributed by atoms with van der Waals surface area (Å²) in [6.07, 6.45) is 2.05. The Morgan fingerprint density at radius 1 is 1.08 bits per heavy atom. The molecule has 1 fully saturated rings. The summed E-state index contributed by atoms with van der Waals surface area (Å²) in [5, 5.41) is 0. The summed E-state index contributed by atoms with van der Waals surface area (Å²) in [5.74, 6) is 0.804. The van der Waals surface area contributed by atoms with E-state index in [-0.39, 0.29) is 11.8 Å². The van der Waals surface area contributed by atoms with Gasteiger partial charge in [0.2, 0.25) is 5.91 Å². The van der Waals surface area contributed by atoms with Gasteiger partial charge < -0.3 is 19.5 Å². The lowest BCUT2D eigenvalue weighted by atomic mass is 10.0. The number of hydrogen-bond donors (Lipinski definition) is 1. The Bertz CT molecular complexity index is 791. The van der Waals surface area contributed by atoms with E-state index in [2.05, 4.69) is 4.98 Å². The van der Waals surface area contributed by atoms with Gasteiger partial charge in [0.05, 0.1) is 13.5 Å². The van der Waals surface area contributed by atoms with Gasteiger partial charge in [-0.25, -0.2) is 0 Å². The number of aromatic amines is 1. The lowest BCUT2D eigenvalue weighted by molar-refractivity contribution is -0.131. The third kappa shape index (κ3) is 3.74. The second kappa shape index (κ2) is 7.64. The van der Waals surface area contributed by atoms with Crippen LogP contribution in [0.5, 0.6) is 5.75 Å². The molecule has 1 aromatic carbocycles. The average Bonchev–Trinajstić information content (AvgIpc) is 3.18. The number of aryl methyl sites for hydroxylation is 2. The predicted octanol–water partition coefficient (Wildman–Crippen LogP) is 2.17. The molecule has 0 aliphatic carbocycles. The molecule has 0 unspecified atom stereocenters. The molecule has 2 amide bonds. The van der Waals surface area contributed by atoms with E-state index in [0.29, 0.717) is 38.3 Å². The van der Waals surface area contributed by atoms with Crippen molar-refractivity contribution in [2.24, 2.45) is 0 Å². The minimum Gasteiger partial charge on any atom is -0.496 e. The minimum absolute atomic E-state index is 0.0158. The van der Waals surface area contributed by atoms with Crippen LogP contribution in [0, 0.1) is 13.8 Å².